The van der Waals surface area contributed by atoms with Gasteiger partial charge in [-0.15, -0.1) is 10.2 Å². The fourth-order valence-corrected chi connectivity index (χ4v) is 3.86. The molecule has 1 N–H and O–H groups in total. The summed E-state index contributed by atoms with van der Waals surface area (Å²) in [6.07, 6.45) is 0.737. The number of nitrogens with zero attached hydrogens (tertiary/aromatic N) is 3. The lowest BCUT2D eigenvalue weighted by atomic mass is 10.1. The van der Waals surface area contributed by atoms with E-state index in [1.165, 1.54) is 17.8 Å². The van der Waals surface area contributed by atoms with E-state index in [-0.39, 0.29) is 17.5 Å². The maximum Gasteiger partial charge on any atom is 0.230 e. The second-order valence-electron chi connectivity index (χ2n) is 7.53. The molecular formula is C23H27FN4O2S. The number of hydrogen-bond donors (Lipinski definition) is 1. The van der Waals surface area contributed by atoms with Gasteiger partial charge in [-0.3, -0.25) is 4.79 Å². The average Bonchev–Trinajstić information content (AvgIpc) is 3.14. The van der Waals surface area contributed by atoms with Crippen molar-refractivity contribution < 1.29 is 13.9 Å². The Kier molecular flexibility index (Phi) is 8.06. The van der Waals surface area contributed by atoms with Crippen LogP contribution in [-0.2, 0) is 17.8 Å². The van der Waals surface area contributed by atoms with Crippen LogP contribution in [0.3, 0.4) is 0 Å². The van der Waals surface area contributed by atoms with E-state index in [9.17, 15) is 9.18 Å². The molecule has 6 nitrogen and oxygen atoms in total. The van der Waals surface area contributed by atoms with Crippen molar-refractivity contribution in [2.24, 2.45) is 5.92 Å². The third-order valence-electron chi connectivity index (χ3n) is 4.61. The van der Waals surface area contributed by atoms with Gasteiger partial charge in [-0.1, -0.05) is 49.9 Å². The van der Waals surface area contributed by atoms with Gasteiger partial charge in [-0.25, -0.2) is 4.39 Å². The van der Waals surface area contributed by atoms with Crippen LogP contribution in [0.5, 0.6) is 5.75 Å². The van der Waals surface area contributed by atoms with Crippen LogP contribution in [0.4, 0.5) is 4.39 Å². The molecule has 1 heterocycles. The Morgan fingerprint density at radius 1 is 1.16 bits per heavy atom. The molecule has 0 aliphatic rings. The normalized spacial score (nSPS) is 11.0. The molecule has 1 amide bonds. The maximum atomic E-state index is 14.3. The van der Waals surface area contributed by atoms with Gasteiger partial charge in [-0.05, 0) is 42.2 Å². The molecule has 0 saturated carbocycles. The minimum atomic E-state index is -0.340. The van der Waals surface area contributed by atoms with Gasteiger partial charge >= 0.3 is 0 Å². The van der Waals surface area contributed by atoms with E-state index >= 15 is 0 Å². The van der Waals surface area contributed by atoms with Gasteiger partial charge < -0.3 is 14.6 Å². The number of carbonyl (C=O) groups excluding carboxylic acids is 1. The highest BCUT2D eigenvalue weighted by molar-refractivity contribution is 7.99. The molecule has 0 radical (unpaired) electrons. The monoisotopic (exact) mass is 442 g/mol. The van der Waals surface area contributed by atoms with Crippen LogP contribution in [0.1, 0.15) is 19.4 Å². The van der Waals surface area contributed by atoms with Crippen molar-refractivity contribution in [3.63, 3.8) is 0 Å². The first-order valence-electron chi connectivity index (χ1n) is 10.2. The molecule has 3 aromatic rings. The van der Waals surface area contributed by atoms with Crippen LogP contribution in [-0.4, -0.2) is 40.1 Å². The fraction of sp³-hybridized carbons (Fsp3) is 0.348. The van der Waals surface area contributed by atoms with Crippen molar-refractivity contribution in [3.05, 3.63) is 59.9 Å². The van der Waals surface area contributed by atoms with Crippen molar-refractivity contribution in [2.45, 2.75) is 32.0 Å². The second-order valence-corrected chi connectivity index (χ2v) is 8.47. The van der Waals surface area contributed by atoms with Gasteiger partial charge in [0.05, 0.1) is 18.4 Å². The van der Waals surface area contributed by atoms with Crippen LogP contribution in [0, 0.1) is 11.7 Å². The molecule has 0 atom stereocenters. The highest BCUT2D eigenvalue weighted by Crippen LogP contribution is 2.26. The third-order valence-corrected chi connectivity index (χ3v) is 5.57. The minimum absolute atomic E-state index is 0.0787. The predicted octanol–water partition coefficient (Wildman–Crippen LogP) is 4.20. The summed E-state index contributed by atoms with van der Waals surface area (Å²) in [4.78, 5) is 12.3. The zero-order valence-electron chi connectivity index (χ0n) is 18.0. The Hall–Kier alpha value is -2.87. The Morgan fingerprint density at radius 3 is 2.58 bits per heavy atom. The number of nitrogens with one attached hydrogen (secondary N) is 1. The minimum Gasteiger partial charge on any atom is -0.497 e. The van der Waals surface area contributed by atoms with Crippen molar-refractivity contribution >= 4 is 17.7 Å². The largest absolute Gasteiger partial charge is 0.497 e. The molecule has 1 aromatic heterocycles. The molecule has 31 heavy (non-hydrogen) atoms. The molecule has 0 bridgehead atoms. The summed E-state index contributed by atoms with van der Waals surface area (Å²) in [5.74, 6) is 1.41. The van der Waals surface area contributed by atoms with E-state index in [0.29, 0.717) is 35.6 Å². The molecule has 0 fully saturated rings. The van der Waals surface area contributed by atoms with Crippen molar-refractivity contribution in [3.8, 4) is 17.1 Å². The van der Waals surface area contributed by atoms with Crippen LogP contribution >= 0.6 is 11.8 Å². The molecule has 2 aromatic carbocycles. The molecule has 0 aliphatic carbocycles. The predicted molar refractivity (Wildman–Crippen MR) is 121 cm³/mol. The van der Waals surface area contributed by atoms with E-state index in [1.54, 1.807) is 25.3 Å². The van der Waals surface area contributed by atoms with Gasteiger partial charge in [0.1, 0.15) is 11.6 Å². The smallest absolute Gasteiger partial charge is 0.230 e. The maximum absolute atomic E-state index is 14.3. The molecule has 164 valence electrons. The first-order valence-corrected chi connectivity index (χ1v) is 11.2. The van der Waals surface area contributed by atoms with Crippen LogP contribution in [0.25, 0.3) is 11.4 Å². The van der Waals surface area contributed by atoms with E-state index in [0.717, 1.165) is 17.7 Å². The standard InChI is InChI=1S/C23H27FN4O2S/c1-16(2)14-28-22(19-6-4-5-7-20(19)24)26-27-23(28)31-15-21(29)25-13-12-17-8-10-18(30-3)11-9-17/h4-11,16H,12-15H2,1-3H3,(H,25,29). The van der Waals surface area contributed by atoms with E-state index in [4.69, 9.17) is 4.74 Å². The van der Waals surface area contributed by atoms with Gasteiger partial charge in [0.25, 0.3) is 0 Å². The first kappa shape index (κ1) is 22.8. The summed E-state index contributed by atoms with van der Waals surface area (Å²) in [5.41, 5.74) is 1.53. The number of methoxy groups -OCH3 is 1. The van der Waals surface area contributed by atoms with E-state index in [2.05, 4.69) is 29.4 Å². The topological polar surface area (TPSA) is 69.0 Å². The molecular weight excluding hydrogens is 415 g/mol. The SMILES string of the molecule is COc1ccc(CCNC(=O)CSc2nnc(-c3ccccc3F)n2CC(C)C)cc1. The Morgan fingerprint density at radius 2 is 1.90 bits per heavy atom. The van der Waals surface area contributed by atoms with E-state index < -0.39 is 0 Å². The highest BCUT2D eigenvalue weighted by atomic mass is 32.2. The lowest BCUT2D eigenvalue weighted by Crippen LogP contribution is -2.27. The van der Waals surface area contributed by atoms with Crippen LogP contribution in [0.2, 0.25) is 0 Å². The number of aromatic nitrogens is 3. The van der Waals surface area contributed by atoms with Crippen LogP contribution in [0.15, 0.2) is 53.7 Å². The molecule has 0 aliphatic heterocycles. The van der Waals surface area contributed by atoms with Gasteiger partial charge in [0, 0.05) is 13.1 Å². The summed E-state index contributed by atoms with van der Waals surface area (Å²) in [5, 5.41) is 12.0. The highest BCUT2D eigenvalue weighted by Gasteiger charge is 2.18. The number of amides is 1. The molecule has 0 saturated heterocycles. The summed E-state index contributed by atoms with van der Waals surface area (Å²) in [7, 11) is 1.63. The molecule has 8 heteroatoms. The summed E-state index contributed by atoms with van der Waals surface area (Å²) >= 11 is 1.31. The Balaban J connectivity index is 1.58. The number of hydrogen-bond acceptors (Lipinski definition) is 5. The summed E-state index contributed by atoms with van der Waals surface area (Å²) < 4.78 is 21.3. The molecule has 3 rings (SSSR count). The van der Waals surface area contributed by atoms with Crippen molar-refractivity contribution in [1.29, 1.82) is 0 Å². The zero-order chi connectivity index (χ0) is 22.2. The Labute approximate surface area is 186 Å². The zero-order valence-corrected chi connectivity index (χ0v) is 18.8. The van der Waals surface area contributed by atoms with E-state index in [1.807, 2.05) is 28.8 Å². The number of benzene rings is 2. The molecule has 0 spiro atoms. The van der Waals surface area contributed by atoms with Gasteiger partial charge in [-0.2, -0.15) is 0 Å². The number of rotatable bonds is 10. The molecule has 0 unspecified atom stereocenters. The lowest BCUT2D eigenvalue weighted by molar-refractivity contribution is -0.118. The van der Waals surface area contributed by atoms with Gasteiger partial charge in [0.15, 0.2) is 11.0 Å². The van der Waals surface area contributed by atoms with Crippen molar-refractivity contribution in [2.75, 3.05) is 19.4 Å². The van der Waals surface area contributed by atoms with Crippen LogP contribution < -0.4 is 10.1 Å². The number of thioether (sulfide) groups is 1. The second kappa shape index (κ2) is 10.9. The summed E-state index contributed by atoms with van der Waals surface area (Å²) in [6, 6.07) is 14.3. The van der Waals surface area contributed by atoms with Gasteiger partial charge in [0.2, 0.25) is 5.91 Å². The average molecular weight is 443 g/mol. The number of halogens is 1. The third kappa shape index (κ3) is 6.30. The first-order chi connectivity index (χ1) is 15.0. The quantitative estimate of drug-likeness (QED) is 0.477. The number of ether oxygens (including phenoxy) is 1. The Bertz CT molecular complexity index is 1010. The lowest BCUT2D eigenvalue weighted by Gasteiger charge is -2.13. The number of carbonyl (C=O) groups is 1. The van der Waals surface area contributed by atoms with Crippen molar-refractivity contribution in [1.82, 2.24) is 20.1 Å². The summed E-state index contributed by atoms with van der Waals surface area (Å²) in [6.45, 7) is 5.33. The fourth-order valence-electron chi connectivity index (χ4n) is 3.09.